The van der Waals surface area contributed by atoms with Gasteiger partial charge in [-0.25, -0.2) is 0 Å². The number of carbonyl (C=O) groups is 1. The summed E-state index contributed by atoms with van der Waals surface area (Å²) in [5, 5.41) is 0. The highest BCUT2D eigenvalue weighted by molar-refractivity contribution is 5.75. The Labute approximate surface area is 209 Å². The van der Waals surface area contributed by atoms with Crippen LogP contribution in [0.3, 0.4) is 0 Å². The zero-order valence-corrected chi connectivity index (χ0v) is 22.2. The van der Waals surface area contributed by atoms with Gasteiger partial charge in [-0.3, -0.25) is 4.79 Å². The third-order valence-electron chi connectivity index (χ3n) is 8.36. The highest BCUT2D eigenvalue weighted by Gasteiger charge is 2.23. The predicted octanol–water partition coefficient (Wildman–Crippen LogP) is 9.61. The molecule has 0 saturated heterocycles. The van der Waals surface area contributed by atoms with E-state index >= 15 is 0 Å². The van der Waals surface area contributed by atoms with Crippen molar-refractivity contribution < 1.29 is 9.53 Å². The van der Waals surface area contributed by atoms with E-state index in [1.54, 1.807) is 5.57 Å². The number of hydrogen-bond donors (Lipinski definition) is 0. The van der Waals surface area contributed by atoms with E-state index in [0.29, 0.717) is 5.75 Å². The predicted molar refractivity (Wildman–Crippen MR) is 144 cm³/mol. The van der Waals surface area contributed by atoms with Gasteiger partial charge in [-0.15, -0.1) is 0 Å². The Morgan fingerprint density at radius 1 is 0.794 bits per heavy atom. The zero-order valence-electron chi connectivity index (χ0n) is 22.2. The van der Waals surface area contributed by atoms with Crippen LogP contribution in [-0.4, -0.2) is 5.97 Å². The van der Waals surface area contributed by atoms with Crippen molar-refractivity contribution in [2.75, 3.05) is 0 Å². The lowest BCUT2D eigenvalue weighted by Gasteiger charge is -2.28. The van der Waals surface area contributed by atoms with Crippen LogP contribution in [0.2, 0.25) is 0 Å². The number of esters is 1. The second-order valence-electron chi connectivity index (χ2n) is 11.1. The van der Waals surface area contributed by atoms with Gasteiger partial charge in [0.1, 0.15) is 5.75 Å². The monoisotopic (exact) mass is 466 g/mol. The summed E-state index contributed by atoms with van der Waals surface area (Å²) in [6.07, 6.45) is 25.4. The second-order valence-corrected chi connectivity index (χ2v) is 11.1. The lowest BCUT2D eigenvalue weighted by Crippen LogP contribution is -2.22. The highest BCUT2D eigenvalue weighted by atomic mass is 16.5. The zero-order chi connectivity index (χ0) is 24.0. The number of aryl methyl sites for hydroxylation is 1. The number of benzene rings is 1. The molecule has 1 aromatic carbocycles. The van der Waals surface area contributed by atoms with Crippen LogP contribution in [0.5, 0.6) is 5.75 Å². The van der Waals surface area contributed by atoms with E-state index in [4.69, 9.17) is 4.74 Å². The van der Waals surface area contributed by atoms with Gasteiger partial charge in [0.2, 0.25) is 0 Å². The topological polar surface area (TPSA) is 26.3 Å². The lowest BCUT2D eigenvalue weighted by molar-refractivity contribution is -0.139. The molecule has 0 heterocycles. The van der Waals surface area contributed by atoms with Crippen LogP contribution in [0.25, 0.3) is 0 Å². The van der Waals surface area contributed by atoms with Gasteiger partial charge in [-0.1, -0.05) is 108 Å². The first-order valence-electron chi connectivity index (χ1n) is 14.7. The molecule has 34 heavy (non-hydrogen) atoms. The van der Waals surface area contributed by atoms with Crippen LogP contribution in [0.4, 0.5) is 0 Å². The molecule has 3 rings (SSSR count). The Kier molecular flexibility index (Phi) is 12.3. The number of carbonyl (C=O) groups excluding carboxylic acids is 1. The first kappa shape index (κ1) is 27.0. The molecule has 0 radical (unpaired) electrons. The maximum Gasteiger partial charge on any atom is 0.314 e. The summed E-state index contributed by atoms with van der Waals surface area (Å²) in [6, 6.07) is 8.31. The van der Waals surface area contributed by atoms with Crippen LogP contribution in [0, 0.1) is 17.8 Å². The molecular formula is C32H50O2. The van der Waals surface area contributed by atoms with Crippen LogP contribution in [0.1, 0.15) is 129 Å². The fraction of sp³-hybridized carbons (Fsp3) is 0.719. The molecule has 2 aliphatic carbocycles. The normalized spacial score (nSPS) is 22.9. The van der Waals surface area contributed by atoms with E-state index < -0.39 is 0 Å². The Morgan fingerprint density at radius 3 is 2.12 bits per heavy atom. The van der Waals surface area contributed by atoms with Gasteiger partial charge in [0.15, 0.2) is 0 Å². The van der Waals surface area contributed by atoms with E-state index in [1.807, 2.05) is 12.1 Å². The summed E-state index contributed by atoms with van der Waals surface area (Å²) in [7, 11) is 0. The fourth-order valence-electron chi connectivity index (χ4n) is 5.89. The largest absolute Gasteiger partial charge is 0.426 e. The van der Waals surface area contributed by atoms with Crippen molar-refractivity contribution in [1.82, 2.24) is 0 Å². The molecule has 0 amide bonds. The summed E-state index contributed by atoms with van der Waals surface area (Å²) < 4.78 is 5.74. The molecule has 0 aliphatic heterocycles. The first-order valence-corrected chi connectivity index (χ1v) is 14.7. The maximum absolute atomic E-state index is 12.6. The Hall–Kier alpha value is -1.57. The molecule has 0 spiro atoms. The molecule has 1 unspecified atom stereocenters. The Morgan fingerprint density at radius 2 is 1.47 bits per heavy atom. The lowest BCUT2D eigenvalue weighted by atomic mass is 9.78. The smallest absolute Gasteiger partial charge is 0.314 e. The van der Waals surface area contributed by atoms with Crippen molar-refractivity contribution in [2.45, 2.75) is 129 Å². The summed E-state index contributed by atoms with van der Waals surface area (Å²) in [4.78, 5) is 12.6. The van der Waals surface area contributed by atoms with E-state index in [2.05, 4.69) is 32.1 Å². The SMILES string of the molecule is CCCCCCC1=CCC(C(=O)Oc2ccc(CCC3CCC(CCCCC)CC3)cc2)CC1. The van der Waals surface area contributed by atoms with Crippen molar-refractivity contribution in [3.05, 3.63) is 41.5 Å². The van der Waals surface area contributed by atoms with Crippen LogP contribution in [-0.2, 0) is 11.2 Å². The van der Waals surface area contributed by atoms with E-state index in [-0.39, 0.29) is 11.9 Å². The standard InChI is InChI=1S/C32H50O2/c1-3-5-7-9-11-27-18-22-30(23-19-27)32(33)34-31-24-20-29(21-25-31)17-16-28-14-12-26(13-15-28)10-8-6-4-2/h18,20-21,24-26,28,30H,3-17,19,22-23H2,1-2H3. The summed E-state index contributed by atoms with van der Waals surface area (Å²) in [5.41, 5.74) is 2.92. The molecule has 2 nitrogen and oxygen atoms in total. The number of allylic oxidation sites excluding steroid dienone is 2. The average molecular weight is 467 g/mol. The first-order chi connectivity index (χ1) is 16.7. The summed E-state index contributed by atoms with van der Waals surface area (Å²) in [6.45, 7) is 4.55. The molecule has 0 bridgehead atoms. The average Bonchev–Trinajstić information content (AvgIpc) is 2.87. The minimum Gasteiger partial charge on any atom is -0.426 e. The quantitative estimate of drug-likeness (QED) is 0.118. The van der Waals surface area contributed by atoms with E-state index in [0.717, 1.165) is 37.5 Å². The Balaban J connectivity index is 1.33. The van der Waals surface area contributed by atoms with Crippen molar-refractivity contribution in [1.29, 1.82) is 0 Å². The molecule has 2 aliphatic rings. The number of unbranched alkanes of at least 4 members (excludes halogenated alkanes) is 5. The minimum atomic E-state index is -0.0512. The maximum atomic E-state index is 12.6. The third kappa shape index (κ3) is 9.59. The summed E-state index contributed by atoms with van der Waals surface area (Å²) in [5.74, 6) is 2.57. The van der Waals surface area contributed by atoms with Gasteiger partial charge >= 0.3 is 5.97 Å². The molecule has 190 valence electrons. The van der Waals surface area contributed by atoms with Crippen LogP contribution >= 0.6 is 0 Å². The van der Waals surface area contributed by atoms with Gasteiger partial charge in [0.25, 0.3) is 0 Å². The molecule has 0 aromatic heterocycles. The van der Waals surface area contributed by atoms with Gasteiger partial charge < -0.3 is 4.74 Å². The molecule has 1 aromatic rings. The van der Waals surface area contributed by atoms with Crippen molar-refractivity contribution in [3.8, 4) is 5.75 Å². The van der Waals surface area contributed by atoms with Crippen molar-refractivity contribution in [3.63, 3.8) is 0 Å². The summed E-state index contributed by atoms with van der Waals surface area (Å²) >= 11 is 0. The van der Waals surface area contributed by atoms with Crippen LogP contribution in [0.15, 0.2) is 35.9 Å². The van der Waals surface area contributed by atoms with E-state index in [9.17, 15) is 4.79 Å². The third-order valence-corrected chi connectivity index (χ3v) is 8.36. The number of ether oxygens (including phenoxy) is 1. The minimum absolute atomic E-state index is 0.0242. The number of hydrogen-bond acceptors (Lipinski definition) is 2. The second kappa shape index (κ2) is 15.4. The molecule has 1 saturated carbocycles. The fourth-order valence-corrected chi connectivity index (χ4v) is 5.89. The molecular weight excluding hydrogens is 416 g/mol. The molecule has 1 atom stereocenters. The highest BCUT2D eigenvalue weighted by Crippen LogP contribution is 2.34. The van der Waals surface area contributed by atoms with E-state index in [1.165, 1.54) is 95.5 Å². The Bertz CT molecular complexity index is 724. The van der Waals surface area contributed by atoms with Gasteiger partial charge in [-0.2, -0.15) is 0 Å². The van der Waals surface area contributed by atoms with Crippen LogP contribution < -0.4 is 4.74 Å². The molecule has 2 heteroatoms. The van der Waals surface area contributed by atoms with Crippen molar-refractivity contribution in [2.24, 2.45) is 17.8 Å². The number of rotatable bonds is 14. The van der Waals surface area contributed by atoms with Crippen molar-refractivity contribution >= 4 is 5.97 Å². The van der Waals surface area contributed by atoms with Gasteiger partial charge in [0.05, 0.1) is 5.92 Å². The van der Waals surface area contributed by atoms with Gasteiger partial charge in [0, 0.05) is 0 Å². The van der Waals surface area contributed by atoms with Gasteiger partial charge in [-0.05, 0) is 74.5 Å². The molecule has 0 N–H and O–H groups in total. The molecule has 1 fully saturated rings.